The predicted octanol–water partition coefficient (Wildman–Crippen LogP) is 4.58. The normalized spacial score (nSPS) is 11.2. The molecule has 0 saturated heterocycles. The molecule has 5 nitrogen and oxygen atoms in total. The van der Waals surface area contributed by atoms with Crippen LogP contribution < -0.4 is 4.90 Å². The van der Waals surface area contributed by atoms with E-state index in [-0.39, 0.29) is 18.1 Å². The minimum absolute atomic E-state index is 0.00160. The smallest absolute Gasteiger partial charge is 0.352 e. The van der Waals surface area contributed by atoms with Gasteiger partial charge in [-0.25, -0.2) is 4.79 Å². The Kier molecular flexibility index (Phi) is 5.13. The van der Waals surface area contributed by atoms with Crippen molar-refractivity contribution in [3.8, 4) is 0 Å². The molecule has 136 valence electrons. The predicted molar refractivity (Wildman–Crippen MR) is 105 cm³/mol. The topological polar surface area (TPSA) is 62.5 Å². The number of anilines is 1. The third-order valence-electron chi connectivity index (χ3n) is 4.50. The van der Waals surface area contributed by atoms with Crippen LogP contribution in [0.3, 0.4) is 0 Å². The molecule has 0 spiro atoms. The van der Waals surface area contributed by atoms with E-state index in [0.717, 1.165) is 15.9 Å². The average Bonchev–Trinajstić information content (AvgIpc) is 3.18. The van der Waals surface area contributed by atoms with E-state index in [0.29, 0.717) is 12.5 Å². The Morgan fingerprint density at radius 2 is 2.00 bits per heavy atom. The Labute approximate surface area is 156 Å². The molecule has 0 bridgehead atoms. The molecular weight excluding hydrogens is 348 g/mol. The van der Waals surface area contributed by atoms with Gasteiger partial charge in [0, 0.05) is 12.2 Å². The number of amides is 1. The van der Waals surface area contributed by atoms with Crippen LogP contribution in [0.15, 0.2) is 41.8 Å². The van der Waals surface area contributed by atoms with Gasteiger partial charge in [-0.1, -0.05) is 26.0 Å². The van der Waals surface area contributed by atoms with Gasteiger partial charge < -0.3 is 14.6 Å². The number of thiophene rings is 1. The van der Waals surface area contributed by atoms with Crippen molar-refractivity contribution in [2.75, 3.05) is 11.4 Å². The maximum Gasteiger partial charge on any atom is 0.352 e. The van der Waals surface area contributed by atoms with Gasteiger partial charge in [-0.15, -0.1) is 11.3 Å². The largest absolute Gasteiger partial charge is 0.477 e. The van der Waals surface area contributed by atoms with Crippen LogP contribution in [0.2, 0.25) is 0 Å². The third-order valence-corrected chi connectivity index (χ3v) is 5.35. The maximum absolute atomic E-state index is 13.0. The Morgan fingerprint density at radius 3 is 2.65 bits per heavy atom. The molecular formula is C20H22N2O3S. The Balaban J connectivity index is 1.93. The molecule has 1 N–H and O–H groups in total. The number of fused-ring (bicyclic) bond motifs is 1. The monoisotopic (exact) mass is 370 g/mol. The summed E-state index contributed by atoms with van der Waals surface area (Å²) in [5.74, 6) is -0.775. The number of carboxylic acids is 1. The molecule has 6 heteroatoms. The number of likely N-dealkylation sites (N-methyl/N-ethyl adjacent to an activating group) is 1. The van der Waals surface area contributed by atoms with Crippen LogP contribution in [0, 0.1) is 0 Å². The lowest BCUT2D eigenvalue weighted by Gasteiger charge is -2.23. The minimum Gasteiger partial charge on any atom is -0.477 e. The lowest BCUT2D eigenvalue weighted by molar-refractivity contribution is -0.119. The van der Waals surface area contributed by atoms with E-state index in [2.05, 4.69) is 19.9 Å². The van der Waals surface area contributed by atoms with Crippen molar-refractivity contribution < 1.29 is 14.7 Å². The number of nitrogens with zero attached hydrogens (tertiary/aromatic N) is 2. The van der Waals surface area contributed by atoms with E-state index < -0.39 is 5.97 Å². The van der Waals surface area contributed by atoms with Gasteiger partial charge in [-0.3, -0.25) is 4.79 Å². The summed E-state index contributed by atoms with van der Waals surface area (Å²) in [6.45, 7) is 6.68. The summed E-state index contributed by atoms with van der Waals surface area (Å²) in [7, 11) is 0. The van der Waals surface area contributed by atoms with Crippen LogP contribution >= 0.6 is 11.3 Å². The fraction of sp³-hybridized carbons (Fsp3) is 0.300. The summed E-state index contributed by atoms with van der Waals surface area (Å²) in [6, 6.07) is 11.4. The second kappa shape index (κ2) is 7.33. The molecule has 1 amide bonds. The second-order valence-corrected chi connectivity index (χ2v) is 7.43. The summed E-state index contributed by atoms with van der Waals surface area (Å²) < 4.78 is 2.46. The molecule has 0 aliphatic heterocycles. The van der Waals surface area contributed by atoms with Gasteiger partial charge in [0.05, 0.1) is 10.2 Å². The first-order valence-electron chi connectivity index (χ1n) is 8.62. The van der Waals surface area contributed by atoms with E-state index in [1.165, 1.54) is 16.9 Å². The van der Waals surface area contributed by atoms with Crippen LogP contribution in [0.25, 0.3) is 10.2 Å². The van der Waals surface area contributed by atoms with Gasteiger partial charge in [0.25, 0.3) is 0 Å². The van der Waals surface area contributed by atoms with Crippen LogP contribution in [0.5, 0.6) is 0 Å². The van der Waals surface area contributed by atoms with Gasteiger partial charge in [-0.2, -0.15) is 0 Å². The van der Waals surface area contributed by atoms with Crippen molar-refractivity contribution in [2.24, 2.45) is 0 Å². The van der Waals surface area contributed by atoms with E-state index in [1.807, 2.05) is 36.6 Å². The zero-order chi connectivity index (χ0) is 18.8. The molecule has 0 unspecified atom stereocenters. The number of carbonyl (C=O) groups is 2. The fourth-order valence-corrected chi connectivity index (χ4v) is 3.92. The van der Waals surface area contributed by atoms with Crippen LogP contribution in [-0.4, -0.2) is 28.1 Å². The first-order chi connectivity index (χ1) is 12.4. The summed E-state index contributed by atoms with van der Waals surface area (Å²) in [5, 5.41) is 11.4. The number of hydrogen-bond acceptors (Lipinski definition) is 3. The molecule has 0 atom stereocenters. The maximum atomic E-state index is 13.0. The highest BCUT2D eigenvalue weighted by molar-refractivity contribution is 7.17. The molecule has 3 aromatic rings. The minimum atomic E-state index is -1.02. The van der Waals surface area contributed by atoms with Gasteiger partial charge in [-0.05, 0) is 48.1 Å². The highest BCUT2D eigenvalue weighted by Gasteiger charge is 2.21. The zero-order valence-electron chi connectivity index (χ0n) is 15.1. The van der Waals surface area contributed by atoms with Gasteiger partial charge in [0.15, 0.2) is 0 Å². The highest BCUT2D eigenvalue weighted by atomic mass is 32.1. The van der Waals surface area contributed by atoms with E-state index in [4.69, 9.17) is 0 Å². The summed E-state index contributed by atoms with van der Waals surface area (Å²) >= 11 is 1.47. The van der Waals surface area contributed by atoms with E-state index in [9.17, 15) is 14.7 Å². The fourth-order valence-electron chi connectivity index (χ4n) is 3.10. The quantitative estimate of drug-likeness (QED) is 0.691. The van der Waals surface area contributed by atoms with Crippen LogP contribution in [0.1, 0.15) is 42.7 Å². The Hall–Kier alpha value is -2.60. The van der Waals surface area contributed by atoms with Crippen molar-refractivity contribution in [1.82, 2.24) is 4.57 Å². The molecule has 1 aromatic carbocycles. The highest BCUT2D eigenvalue weighted by Crippen LogP contribution is 2.26. The van der Waals surface area contributed by atoms with Crippen molar-refractivity contribution in [2.45, 2.75) is 33.2 Å². The van der Waals surface area contributed by atoms with Crippen molar-refractivity contribution in [3.63, 3.8) is 0 Å². The first-order valence-corrected chi connectivity index (χ1v) is 9.50. The van der Waals surface area contributed by atoms with Crippen LogP contribution in [0.4, 0.5) is 5.69 Å². The van der Waals surface area contributed by atoms with Crippen molar-refractivity contribution >= 4 is 39.1 Å². The number of hydrogen-bond donors (Lipinski definition) is 1. The number of aromatic nitrogens is 1. The second-order valence-electron chi connectivity index (χ2n) is 6.48. The molecule has 0 aliphatic carbocycles. The van der Waals surface area contributed by atoms with Crippen molar-refractivity contribution in [3.05, 3.63) is 53.0 Å². The van der Waals surface area contributed by atoms with E-state index in [1.54, 1.807) is 15.5 Å². The van der Waals surface area contributed by atoms with Gasteiger partial charge >= 0.3 is 5.97 Å². The molecule has 2 aromatic heterocycles. The lowest BCUT2D eigenvalue weighted by Crippen LogP contribution is -2.34. The molecule has 0 saturated carbocycles. The van der Waals surface area contributed by atoms with Crippen molar-refractivity contribution in [1.29, 1.82) is 0 Å². The number of carboxylic acid groups (broad SMARTS) is 1. The Morgan fingerprint density at radius 1 is 1.23 bits per heavy atom. The molecule has 3 rings (SSSR count). The number of carbonyl (C=O) groups excluding carboxylic acids is 1. The summed E-state index contributed by atoms with van der Waals surface area (Å²) in [6.07, 6.45) is 0. The number of rotatable bonds is 6. The van der Waals surface area contributed by atoms with E-state index >= 15 is 0 Å². The summed E-state index contributed by atoms with van der Waals surface area (Å²) in [5.41, 5.74) is 2.94. The number of benzene rings is 1. The molecule has 0 radical (unpaired) electrons. The average molecular weight is 370 g/mol. The molecule has 0 aliphatic rings. The zero-order valence-corrected chi connectivity index (χ0v) is 15.9. The molecule has 0 fully saturated rings. The Bertz CT molecular complexity index is 955. The molecule has 26 heavy (non-hydrogen) atoms. The third kappa shape index (κ3) is 3.37. The molecule has 2 heterocycles. The van der Waals surface area contributed by atoms with Gasteiger partial charge in [0.1, 0.15) is 12.2 Å². The van der Waals surface area contributed by atoms with Crippen LogP contribution in [-0.2, 0) is 11.3 Å². The van der Waals surface area contributed by atoms with Gasteiger partial charge in [0.2, 0.25) is 5.91 Å². The first kappa shape index (κ1) is 18.2. The summed E-state index contributed by atoms with van der Waals surface area (Å²) in [4.78, 5) is 26.2. The lowest BCUT2D eigenvalue weighted by atomic mass is 10.0. The number of aromatic carboxylic acids is 1. The SMILES string of the molecule is CCN(C(=O)Cn1c(C(=O)O)cc2sccc21)c1cccc(C(C)C)c1. The standard InChI is InChI=1S/C20H22N2O3S/c1-4-21(15-7-5-6-14(10-15)13(2)3)19(23)12-22-16-8-9-26-18(16)11-17(22)20(24)25/h5-11,13H,4,12H2,1-3H3,(H,24,25).